The highest BCUT2D eigenvalue weighted by atomic mass is 35.5. The number of aliphatic imine (C=N–C) groups is 2. The van der Waals surface area contributed by atoms with Crippen LogP contribution >= 0.6 is 12.4 Å². The summed E-state index contributed by atoms with van der Waals surface area (Å²) in [5.74, 6) is 1.09. The fourth-order valence-electron chi connectivity index (χ4n) is 5.11. The second-order valence-corrected chi connectivity index (χ2v) is 9.98. The molecule has 3 aliphatic heterocycles. The number of halogens is 1. The zero-order valence-corrected chi connectivity index (χ0v) is 23.3. The monoisotopic (exact) mass is 544 g/mol. The van der Waals surface area contributed by atoms with E-state index in [1.54, 1.807) is 4.90 Å². The Morgan fingerprint density at radius 3 is 2.24 bits per heavy atom. The summed E-state index contributed by atoms with van der Waals surface area (Å²) in [5.41, 5.74) is 8.42. The number of nitrogens with zero attached hydrogens (tertiary/aromatic N) is 6. The van der Waals surface area contributed by atoms with Crippen LogP contribution in [0.3, 0.4) is 0 Å². The van der Waals surface area contributed by atoms with E-state index < -0.39 is 6.03 Å². The molecule has 0 unspecified atom stereocenters. The number of urea groups is 1. The van der Waals surface area contributed by atoms with Crippen molar-refractivity contribution < 1.29 is 4.79 Å². The number of hydrogen-bond donors (Lipinski definition) is 4. The van der Waals surface area contributed by atoms with Gasteiger partial charge in [0.2, 0.25) is 23.8 Å². The molecule has 1 aromatic carbocycles. The maximum absolute atomic E-state index is 12.2. The fourth-order valence-corrected chi connectivity index (χ4v) is 5.11. The van der Waals surface area contributed by atoms with E-state index in [0.29, 0.717) is 25.0 Å². The highest BCUT2D eigenvalue weighted by Crippen LogP contribution is 2.24. The molecule has 2 amide bonds. The standard InChI is InChI=1S/C26H40N10O.ClH/c1-19-10-11-21(20(2)18-19)36(24(29)34-15-8-9-16-34)26(31-22(27)37)32-25-30-12-4-3-5-17-35(25)23(28)33-13-6-7-14-33;/h10-11,18,28-29H,3-9,12-17H2,1-2H3,(H3,27,30,31,32,37);1H. The summed E-state index contributed by atoms with van der Waals surface area (Å²) in [4.78, 5) is 29.4. The van der Waals surface area contributed by atoms with Crippen molar-refractivity contribution in [1.29, 1.82) is 10.8 Å². The molecular weight excluding hydrogens is 504 g/mol. The van der Waals surface area contributed by atoms with Gasteiger partial charge >= 0.3 is 6.03 Å². The van der Waals surface area contributed by atoms with Gasteiger partial charge in [0.15, 0.2) is 0 Å². The van der Waals surface area contributed by atoms with Crippen LogP contribution in [0.25, 0.3) is 0 Å². The molecule has 4 rings (SSSR count). The van der Waals surface area contributed by atoms with Crippen LogP contribution in [0.15, 0.2) is 28.2 Å². The average Bonchev–Trinajstić information content (AvgIpc) is 3.56. The van der Waals surface area contributed by atoms with Gasteiger partial charge in [-0.3, -0.25) is 30.9 Å². The molecule has 0 aromatic heterocycles. The number of carbonyl (C=O) groups is 1. The molecule has 2 saturated heterocycles. The number of nitrogens with two attached hydrogens (primary N) is 1. The van der Waals surface area contributed by atoms with E-state index in [1.165, 1.54) is 0 Å². The summed E-state index contributed by atoms with van der Waals surface area (Å²) in [6, 6.07) is 5.20. The number of benzene rings is 1. The first-order valence-corrected chi connectivity index (χ1v) is 13.4. The highest BCUT2D eigenvalue weighted by molar-refractivity contribution is 6.22. The predicted octanol–water partition coefficient (Wildman–Crippen LogP) is 3.46. The van der Waals surface area contributed by atoms with Crippen LogP contribution in [-0.4, -0.2) is 83.8 Å². The average molecular weight is 545 g/mol. The number of primary amides is 1. The van der Waals surface area contributed by atoms with Crippen LogP contribution in [0, 0.1) is 24.7 Å². The lowest BCUT2D eigenvalue weighted by Gasteiger charge is -2.34. The van der Waals surface area contributed by atoms with Gasteiger partial charge in [-0.2, -0.15) is 4.99 Å². The van der Waals surface area contributed by atoms with E-state index in [4.69, 9.17) is 26.5 Å². The van der Waals surface area contributed by atoms with Crippen molar-refractivity contribution in [3.05, 3.63) is 29.3 Å². The normalized spacial score (nSPS) is 18.3. The van der Waals surface area contributed by atoms with Crippen molar-refractivity contribution in [1.82, 2.24) is 20.0 Å². The molecule has 0 bridgehead atoms. The van der Waals surface area contributed by atoms with Crippen LogP contribution in [0.5, 0.6) is 0 Å². The second kappa shape index (κ2) is 13.5. The van der Waals surface area contributed by atoms with E-state index in [9.17, 15) is 4.79 Å². The zero-order chi connectivity index (χ0) is 26.4. The molecule has 5 N–H and O–H groups in total. The molecule has 2 fully saturated rings. The van der Waals surface area contributed by atoms with Gasteiger partial charge in [-0.05, 0) is 70.4 Å². The molecule has 0 spiro atoms. The third-order valence-corrected chi connectivity index (χ3v) is 7.06. The van der Waals surface area contributed by atoms with Gasteiger partial charge in [0.1, 0.15) is 0 Å². The van der Waals surface area contributed by atoms with Gasteiger partial charge in [-0.15, -0.1) is 12.4 Å². The quantitative estimate of drug-likeness (QED) is 0.316. The number of amides is 2. The molecule has 38 heavy (non-hydrogen) atoms. The van der Waals surface area contributed by atoms with Crippen LogP contribution in [-0.2, 0) is 0 Å². The van der Waals surface area contributed by atoms with Gasteiger partial charge < -0.3 is 15.5 Å². The Kier molecular flexibility index (Phi) is 10.3. The zero-order valence-electron chi connectivity index (χ0n) is 22.5. The van der Waals surface area contributed by atoms with Crippen LogP contribution in [0.2, 0.25) is 0 Å². The topological polar surface area (TPSA) is 140 Å². The third-order valence-electron chi connectivity index (χ3n) is 7.06. The smallest absolute Gasteiger partial charge is 0.318 e. The number of hydrogen-bond acceptors (Lipinski definition) is 5. The van der Waals surface area contributed by atoms with Gasteiger partial charge in [0, 0.05) is 39.3 Å². The minimum absolute atomic E-state index is 0. The Bertz CT molecular complexity index is 1080. The lowest BCUT2D eigenvalue weighted by molar-refractivity contribution is 0.253. The molecule has 0 atom stereocenters. The summed E-state index contributed by atoms with van der Waals surface area (Å²) in [6.45, 7) is 8.41. The first-order chi connectivity index (χ1) is 17.8. The molecule has 3 heterocycles. The van der Waals surface area contributed by atoms with Crippen molar-refractivity contribution in [3.63, 3.8) is 0 Å². The summed E-state index contributed by atoms with van der Waals surface area (Å²) in [7, 11) is 0. The third kappa shape index (κ3) is 6.94. The molecule has 12 heteroatoms. The molecule has 0 aliphatic carbocycles. The Morgan fingerprint density at radius 2 is 1.61 bits per heavy atom. The lowest BCUT2D eigenvalue weighted by Crippen LogP contribution is -2.55. The number of rotatable bonds is 1. The number of carbonyl (C=O) groups excluding carboxylic acids is 1. The number of guanidine groups is 4. The Balaban J connectivity index is 0.00000400. The second-order valence-electron chi connectivity index (χ2n) is 9.98. The van der Waals surface area contributed by atoms with Gasteiger partial charge in [-0.25, -0.2) is 4.79 Å². The van der Waals surface area contributed by atoms with Gasteiger partial charge in [-0.1, -0.05) is 17.7 Å². The van der Waals surface area contributed by atoms with Crippen molar-refractivity contribution in [2.75, 3.05) is 44.2 Å². The van der Waals surface area contributed by atoms with Gasteiger partial charge in [0.25, 0.3) is 0 Å². The molecule has 0 saturated carbocycles. The Hall–Kier alpha value is -3.34. The number of likely N-dealkylation sites (tertiary alicyclic amines) is 2. The fraction of sp³-hybridized carbons (Fsp3) is 0.577. The van der Waals surface area contributed by atoms with Crippen molar-refractivity contribution in [2.45, 2.75) is 58.8 Å². The van der Waals surface area contributed by atoms with Crippen LogP contribution < -0.4 is 16.0 Å². The molecule has 11 nitrogen and oxygen atoms in total. The Labute approximate surface area is 231 Å². The van der Waals surface area contributed by atoms with E-state index >= 15 is 0 Å². The number of anilines is 1. The minimum atomic E-state index is -0.768. The summed E-state index contributed by atoms with van der Waals surface area (Å²) in [6.07, 6.45) is 7.03. The summed E-state index contributed by atoms with van der Waals surface area (Å²) < 4.78 is 0. The molecule has 0 radical (unpaired) electrons. The van der Waals surface area contributed by atoms with Crippen molar-refractivity contribution >= 4 is 48.0 Å². The lowest BCUT2D eigenvalue weighted by atomic mass is 10.1. The largest absolute Gasteiger partial charge is 0.351 e. The molecule has 208 valence electrons. The summed E-state index contributed by atoms with van der Waals surface area (Å²) >= 11 is 0. The maximum atomic E-state index is 12.2. The Morgan fingerprint density at radius 1 is 0.974 bits per heavy atom. The van der Waals surface area contributed by atoms with E-state index in [1.807, 2.05) is 41.8 Å². The van der Waals surface area contributed by atoms with E-state index in [0.717, 1.165) is 87.9 Å². The van der Waals surface area contributed by atoms with E-state index in [-0.39, 0.29) is 24.3 Å². The van der Waals surface area contributed by atoms with Crippen molar-refractivity contribution in [3.8, 4) is 0 Å². The van der Waals surface area contributed by atoms with Crippen LogP contribution in [0.1, 0.15) is 56.1 Å². The SMILES string of the molecule is Cc1ccc(N(C(=N)N2CCCC2)/C(=N/C2=NCCCCCN2C(=N)N2CCCC2)NC(N)=O)c(C)c1.Cl. The van der Waals surface area contributed by atoms with Crippen LogP contribution in [0.4, 0.5) is 10.5 Å². The molecule has 3 aliphatic rings. The number of aryl methyl sites for hydroxylation is 2. The predicted molar refractivity (Wildman–Crippen MR) is 156 cm³/mol. The minimum Gasteiger partial charge on any atom is -0.351 e. The van der Waals surface area contributed by atoms with Crippen molar-refractivity contribution in [2.24, 2.45) is 15.7 Å². The van der Waals surface area contributed by atoms with E-state index in [2.05, 4.69) is 10.2 Å². The van der Waals surface area contributed by atoms with Gasteiger partial charge in [0.05, 0.1) is 5.69 Å². The molecular formula is C26H41ClN10O. The first-order valence-electron chi connectivity index (χ1n) is 13.4. The summed E-state index contributed by atoms with van der Waals surface area (Å²) in [5, 5.41) is 20.8. The maximum Gasteiger partial charge on any atom is 0.318 e. The highest BCUT2D eigenvalue weighted by Gasteiger charge is 2.30. The first kappa shape index (κ1) is 29.2. The number of nitrogens with one attached hydrogen (secondary N) is 3. The molecule has 1 aromatic rings.